The van der Waals surface area contributed by atoms with Gasteiger partial charge in [0.15, 0.2) is 0 Å². The summed E-state index contributed by atoms with van der Waals surface area (Å²) in [4.78, 5) is 24.8. The molecule has 0 aromatic heterocycles. The number of allylic oxidation sites excluding steroid dienone is 3. The second kappa shape index (κ2) is 16.5. The lowest BCUT2D eigenvalue weighted by molar-refractivity contribution is -0.105. The van der Waals surface area contributed by atoms with Gasteiger partial charge < -0.3 is 10.6 Å². The number of aldehydes is 1. The lowest BCUT2D eigenvalue weighted by atomic mass is 10.2. The summed E-state index contributed by atoms with van der Waals surface area (Å²) in [5, 5.41) is 6.70. The molecule has 33 heavy (non-hydrogen) atoms. The first-order valence-corrected chi connectivity index (χ1v) is 12.0. The van der Waals surface area contributed by atoms with E-state index < -0.39 is 0 Å². The molecule has 1 heterocycles. The van der Waals surface area contributed by atoms with Crippen molar-refractivity contribution in [1.82, 2.24) is 0 Å². The minimum absolute atomic E-state index is 0.593. The van der Waals surface area contributed by atoms with E-state index in [0.29, 0.717) is 17.7 Å². The van der Waals surface area contributed by atoms with Crippen LogP contribution in [0.5, 0.6) is 0 Å². The average Bonchev–Trinajstić information content (AvgIpc) is 3.33. The Kier molecular flexibility index (Phi) is 14.0. The van der Waals surface area contributed by atoms with Crippen LogP contribution in [-0.2, 0) is 4.79 Å². The Labute approximate surface area is 202 Å². The number of rotatable bonds is 7. The fourth-order valence-electron chi connectivity index (χ4n) is 2.34. The molecule has 1 amide bonds. The molecule has 0 radical (unpaired) electrons. The number of carbonyl (C=O) groups is 2. The molecule has 0 spiro atoms. The smallest absolute Gasteiger partial charge is 0.211 e. The van der Waals surface area contributed by atoms with Crippen molar-refractivity contribution >= 4 is 40.9 Å². The van der Waals surface area contributed by atoms with Crippen LogP contribution in [0.25, 0.3) is 0 Å². The van der Waals surface area contributed by atoms with Crippen LogP contribution >= 0.6 is 11.8 Å². The van der Waals surface area contributed by atoms with Crippen LogP contribution in [0.2, 0.25) is 0 Å². The van der Waals surface area contributed by atoms with Gasteiger partial charge in [-0.3, -0.25) is 9.59 Å². The maximum Gasteiger partial charge on any atom is 0.211 e. The molecule has 3 rings (SSSR count). The van der Waals surface area contributed by atoms with E-state index in [9.17, 15) is 9.59 Å². The van der Waals surface area contributed by atoms with E-state index in [1.165, 1.54) is 24.0 Å². The molecular formula is C27H35N3O2S. The zero-order chi connectivity index (χ0) is 24.5. The van der Waals surface area contributed by atoms with Crippen LogP contribution in [0.4, 0.5) is 11.4 Å². The summed E-state index contributed by atoms with van der Waals surface area (Å²) in [6.45, 7) is 8.56. The molecule has 2 aromatic rings. The number of carbonyl (C=O) groups excluding carboxylic acids is 2. The van der Waals surface area contributed by atoms with Crippen molar-refractivity contribution in [3.05, 3.63) is 83.1 Å². The highest BCUT2D eigenvalue weighted by molar-refractivity contribution is 8.14. The van der Waals surface area contributed by atoms with Crippen LogP contribution in [-0.4, -0.2) is 30.5 Å². The number of nitrogens with one attached hydrogen (secondary N) is 2. The van der Waals surface area contributed by atoms with Crippen molar-refractivity contribution in [2.75, 3.05) is 23.4 Å². The topological polar surface area (TPSA) is 70.6 Å². The molecule has 1 aliphatic heterocycles. The Morgan fingerprint density at radius 3 is 2.06 bits per heavy atom. The quantitative estimate of drug-likeness (QED) is 0.434. The minimum Gasteiger partial charge on any atom is -0.388 e. The number of hydrogen-bond acceptors (Lipinski definition) is 5. The van der Waals surface area contributed by atoms with Crippen molar-refractivity contribution < 1.29 is 9.59 Å². The Hall–Kier alpha value is -3.12. The van der Waals surface area contributed by atoms with Crippen molar-refractivity contribution in [3.8, 4) is 0 Å². The van der Waals surface area contributed by atoms with E-state index in [2.05, 4.69) is 79.7 Å². The van der Waals surface area contributed by atoms with Crippen LogP contribution in [0.1, 0.15) is 56.5 Å². The van der Waals surface area contributed by atoms with Crippen LogP contribution in [0.15, 0.2) is 76.9 Å². The number of thioether (sulfide) groups is 1. The molecule has 0 aliphatic carbocycles. The largest absolute Gasteiger partial charge is 0.388 e. The minimum atomic E-state index is 0.593. The zero-order valence-electron chi connectivity index (χ0n) is 20.2. The van der Waals surface area contributed by atoms with E-state index in [0.717, 1.165) is 28.5 Å². The molecule has 0 saturated carbocycles. The van der Waals surface area contributed by atoms with Gasteiger partial charge in [0.2, 0.25) is 6.41 Å². The number of amides is 1. The molecule has 2 N–H and O–H groups in total. The summed E-state index contributed by atoms with van der Waals surface area (Å²) in [5.74, 6) is 0.965. The van der Waals surface area contributed by atoms with Crippen molar-refractivity contribution in [1.29, 1.82) is 0 Å². The predicted molar refractivity (Wildman–Crippen MR) is 145 cm³/mol. The fraction of sp³-hybridized carbons (Fsp3) is 0.296. The number of benzene rings is 2. The lowest BCUT2D eigenvalue weighted by Gasteiger charge is -2.02. The maximum absolute atomic E-state index is 10.2. The van der Waals surface area contributed by atoms with Crippen LogP contribution in [0.3, 0.4) is 0 Å². The Morgan fingerprint density at radius 1 is 0.970 bits per heavy atom. The standard InChI is InChI=1S/C15H18N2S.C8H7NO2.C4H10/c1-11(2)4-7-14-10-18-15(17-14)12-5-8-13(16-3)9-6-12;10-5-7-1-3-8(4-2-7)9-6-11;1-3-4-2/h4-9,16H,10H2,1-3H3;1-6H,(H,9,11);3-4H2,1-2H3/b14-7+;;. The Bertz CT molecular complexity index is 940. The van der Waals surface area contributed by atoms with Gasteiger partial charge in [-0.25, -0.2) is 4.99 Å². The highest BCUT2D eigenvalue weighted by Gasteiger charge is 2.13. The highest BCUT2D eigenvalue weighted by Crippen LogP contribution is 2.26. The van der Waals surface area contributed by atoms with Crippen molar-refractivity contribution in [2.45, 2.75) is 40.5 Å². The van der Waals surface area contributed by atoms with Gasteiger partial charge >= 0.3 is 0 Å². The van der Waals surface area contributed by atoms with E-state index in [-0.39, 0.29) is 0 Å². The van der Waals surface area contributed by atoms with E-state index >= 15 is 0 Å². The third-order valence-corrected chi connectivity index (χ3v) is 5.44. The highest BCUT2D eigenvalue weighted by atomic mass is 32.2. The van der Waals surface area contributed by atoms with Crippen LogP contribution in [0, 0.1) is 0 Å². The summed E-state index contributed by atoms with van der Waals surface area (Å²) >= 11 is 1.80. The van der Waals surface area contributed by atoms with Gasteiger partial charge in [-0.1, -0.05) is 62.2 Å². The van der Waals surface area contributed by atoms with Gasteiger partial charge in [-0.2, -0.15) is 0 Å². The van der Waals surface area contributed by atoms with Gasteiger partial charge in [0, 0.05) is 35.3 Å². The molecule has 176 valence electrons. The first kappa shape index (κ1) is 27.9. The summed E-state index contributed by atoms with van der Waals surface area (Å²) in [6.07, 6.45) is 8.21. The molecular weight excluding hydrogens is 430 g/mol. The first-order valence-electron chi connectivity index (χ1n) is 11.1. The number of anilines is 2. The molecule has 5 nitrogen and oxygen atoms in total. The van der Waals surface area contributed by atoms with Gasteiger partial charge in [-0.15, -0.1) is 0 Å². The van der Waals surface area contributed by atoms with Gasteiger partial charge in [-0.05, 0) is 56.3 Å². The molecule has 6 heteroatoms. The number of hydrogen-bond donors (Lipinski definition) is 2. The molecule has 2 aromatic carbocycles. The third kappa shape index (κ3) is 11.3. The SMILES string of the molecule is CCCC.CNc1ccc(C2=N/C(=C/C=C(C)C)CS2)cc1.O=CNc1ccc(C=O)cc1. The maximum atomic E-state index is 10.2. The normalized spacial score (nSPS) is 12.9. The molecule has 0 bridgehead atoms. The van der Waals surface area contributed by atoms with E-state index in [4.69, 9.17) is 0 Å². The number of nitrogens with zero attached hydrogens (tertiary/aromatic N) is 1. The second-order valence-electron chi connectivity index (χ2n) is 7.44. The Morgan fingerprint density at radius 2 is 1.58 bits per heavy atom. The van der Waals surface area contributed by atoms with Crippen LogP contribution < -0.4 is 10.6 Å². The van der Waals surface area contributed by atoms with E-state index in [1.54, 1.807) is 36.0 Å². The summed E-state index contributed by atoms with van der Waals surface area (Å²) in [5.41, 5.74) is 6.05. The Balaban J connectivity index is 0.000000309. The lowest BCUT2D eigenvalue weighted by Crippen LogP contribution is -1.93. The van der Waals surface area contributed by atoms with Gasteiger partial charge in [0.05, 0.1) is 5.70 Å². The zero-order valence-corrected chi connectivity index (χ0v) is 21.0. The van der Waals surface area contributed by atoms with Gasteiger partial charge in [0.1, 0.15) is 11.3 Å². The summed E-state index contributed by atoms with van der Waals surface area (Å²) in [6, 6.07) is 15.0. The number of aliphatic imine (C=N–C) groups is 1. The monoisotopic (exact) mass is 465 g/mol. The summed E-state index contributed by atoms with van der Waals surface area (Å²) in [7, 11) is 1.93. The van der Waals surface area contributed by atoms with Crippen molar-refractivity contribution in [2.24, 2.45) is 4.99 Å². The van der Waals surface area contributed by atoms with Gasteiger partial charge in [0.25, 0.3) is 0 Å². The fourth-order valence-corrected chi connectivity index (χ4v) is 3.27. The first-order chi connectivity index (χ1) is 16.0. The number of unbranched alkanes of at least 4 members (excludes halogenated alkanes) is 1. The predicted octanol–water partition coefficient (Wildman–Crippen LogP) is 6.95. The molecule has 0 unspecified atom stereocenters. The second-order valence-corrected chi connectivity index (χ2v) is 8.40. The molecule has 0 saturated heterocycles. The average molecular weight is 466 g/mol. The van der Waals surface area contributed by atoms with E-state index in [1.807, 2.05) is 7.05 Å². The molecule has 0 fully saturated rings. The molecule has 1 aliphatic rings. The molecule has 0 atom stereocenters. The van der Waals surface area contributed by atoms with Crippen molar-refractivity contribution in [3.63, 3.8) is 0 Å². The third-order valence-electron chi connectivity index (χ3n) is 4.40. The summed E-state index contributed by atoms with van der Waals surface area (Å²) < 4.78 is 0.